The van der Waals surface area contributed by atoms with Gasteiger partial charge in [0.15, 0.2) is 18.7 Å². The standard InChI is InChI=1S/C16H22BN5O2S/c1-23-12-3-2-11-13(20-12)25-15(19-11)21-14-18-8-16(24-14)9-22(17)6-4-10(16)5-7-22/h2-3,10H,4-9H2,1,17H3,(H,18,19,21). The summed E-state index contributed by atoms with van der Waals surface area (Å²) in [5, 5.41) is 4.05. The average Bonchev–Trinajstić information content (AvgIpc) is 3.18. The number of rotatable bonds is 2. The molecule has 1 N–H and O–H groups in total. The maximum Gasteiger partial charge on any atom is 0.292 e. The van der Waals surface area contributed by atoms with Crippen molar-refractivity contribution in [3.63, 3.8) is 0 Å². The molecule has 0 amide bonds. The Kier molecular flexibility index (Phi) is 3.27. The van der Waals surface area contributed by atoms with Crippen molar-refractivity contribution in [2.24, 2.45) is 10.9 Å². The van der Waals surface area contributed by atoms with Gasteiger partial charge in [-0.25, -0.2) is 15.0 Å². The summed E-state index contributed by atoms with van der Waals surface area (Å²) < 4.78 is 13.0. The molecule has 1 unspecified atom stereocenters. The number of aromatic nitrogens is 2. The molecular weight excluding hydrogens is 337 g/mol. The SMILES string of the molecule is [BH3-][N+]12CCC(CC1)C1(CN=C(Nc3nc4ccc(OC)nc4s3)O1)C2. The van der Waals surface area contributed by atoms with Crippen molar-refractivity contribution in [2.45, 2.75) is 18.4 Å². The number of ether oxygens (including phenoxy) is 2. The maximum atomic E-state index is 6.42. The molecule has 3 fully saturated rings. The van der Waals surface area contributed by atoms with Gasteiger partial charge in [-0.3, -0.25) is 5.32 Å². The minimum absolute atomic E-state index is 0.0568. The van der Waals surface area contributed by atoms with E-state index in [1.807, 2.05) is 12.1 Å². The molecule has 0 aliphatic carbocycles. The molecule has 3 saturated heterocycles. The molecule has 0 aromatic carbocycles. The Morgan fingerprint density at radius 2 is 2.20 bits per heavy atom. The zero-order chi connectivity index (χ0) is 17.1. The summed E-state index contributed by atoms with van der Waals surface area (Å²) in [4.78, 5) is 14.6. The van der Waals surface area contributed by atoms with Gasteiger partial charge in [0.2, 0.25) is 5.88 Å². The topological polar surface area (TPSA) is 68.6 Å². The third-order valence-corrected chi connectivity index (χ3v) is 6.15. The number of hydrogen-bond donors (Lipinski definition) is 1. The molecule has 2 aromatic rings. The van der Waals surface area contributed by atoms with Crippen LogP contribution in [0.4, 0.5) is 5.13 Å². The number of piperidine rings is 3. The van der Waals surface area contributed by atoms with Crippen molar-refractivity contribution in [1.82, 2.24) is 9.97 Å². The molecule has 7 nitrogen and oxygen atoms in total. The molecular formula is C16H22BN5O2S. The molecule has 9 heteroatoms. The number of nitrogens with zero attached hydrogens (tertiary/aromatic N) is 4. The first kappa shape index (κ1) is 15.4. The quantitative estimate of drug-likeness (QED) is 0.802. The lowest BCUT2D eigenvalue weighted by Crippen LogP contribution is -2.69. The number of quaternary nitrogens is 1. The molecule has 2 aromatic heterocycles. The van der Waals surface area contributed by atoms with Crippen LogP contribution >= 0.6 is 11.3 Å². The van der Waals surface area contributed by atoms with Crippen molar-refractivity contribution < 1.29 is 13.9 Å². The van der Waals surface area contributed by atoms with E-state index in [9.17, 15) is 0 Å². The van der Waals surface area contributed by atoms with Crippen LogP contribution in [0, 0.1) is 5.92 Å². The molecule has 25 heavy (non-hydrogen) atoms. The fraction of sp³-hybridized carbons (Fsp3) is 0.562. The summed E-state index contributed by atoms with van der Waals surface area (Å²) in [6, 6.07) is 4.38. The Hall–Kier alpha value is -1.87. The highest BCUT2D eigenvalue weighted by atomic mass is 32.1. The van der Waals surface area contributed by atoms with Gasteiger partial charge in [-0.15, -0.1) is 0 Å². The number of amidine groups is 1. The maximum absolute atomic E-state index is 6.42. The number of anilines is 1. The number of thiazole rings is 1. The second kappa shape index (κ2) is 5.31. The Morgan fingerprint density at radius 1 is 1.36 bits per heavy atom. The summed E-state index contributed by atoms with van der Waals surface area (Å²) in [5.74, 6) is 1.27. The number of methoxy groups -OCH3 is 1. The van der Waals surface area contributed by atoms with Crippen LogP contribution in [0.5, 0.6) is 5.88 Å². The van der Waals surface area contributed by atoms with E-state index in [1.54, 1.807) is 7.11 Å². The largest absolute Gasteiger partial charge is 0.519 e. The van der Waals surface area contributed by atoms with Gasteiger partial charge in [0, 0.05) is 25.1 Å². The Bertz CT molecular complexity index is 863. The van der Waals surface area contributed by atoms with E-state index in [-0.39, 0.29) is 13.6 Å². The van der Waals surface area contributed by atoms with E-state index in [1.165, 1.54) is 48.2 Å². The van der Waals surface area contributed by atoms with E-state index in [4.69, 9.17) is 9.47 Å². The Balaban J connectivity index is 1.34. The lowest BCUT2D eigenvalue weighted by atomic mass is 9.72. The summed E-state index contributed by atoms with van der Waals surface area (Å²) >= 11 is 1.50. The monoisotopic (exact) mass is 359 g/mol. The van der Waals surface area contributed by atoms with Gasteiger partial charge in [0.25, 0.3) is 6.02 Å². The van der Waals surface area contributed by atoms with Crippen molar-refractivity contribution in [3.8, 4) is 5.88 Å². The third-order valence-electron chi connectivity index (χ3n) is 5.27. The normalized spacial score (nSPS) is 33.5. The molecule has 0 saturated carbocycles. The highest BCUT2D eigenvalue weighted by molar-refractivity contribution is 7.21. The zero-order valence-electron chi connectivity index (χ0n) is 13.5. The molecule has 2 bridgehead atoms. The van der Waals surface area contributed by atoms with E-state index < -0.39 is 0 Å². The second-order valence-electron chi connectivity index (χ2n) is 6.66. The third kappa shape index (κ3) is 2.48. The number of aliphatic imine (C=N–C) groups is 1. The first-order chi connectivity index (χ1) is 12.1. The van der Waals surface area contributed by atoms with E-state index in [0.29, 0.717) is 17.8 Å². The van der Waals surface area contributed by atoms with Crippen LogP contribution in [0.25, 0.3) is 10.3 Å². The second-order valence-corrected chi connectivity index (χ2v) is 7.64. The minimum atomic E-state index is -0.0568. The molecule has 1 spiro atoms. The van der Waals surface area contributed by atoms with Gasteiger partial charge < -0.3 is 13.9 Å². The van der Waals surface area contributed by atoms with Gasteiger partial charge >= 0.3 is 0 Å². The predicted octanol–water partition coefficient (Wildman–Crippen LogP) is 0.758. The molecule has 6 heterocycles. The first-order valence-electron chi connectivity index (χ1n) is 8.28. The number of nitrogens with one attached hydrogen (secondary N) is 1. The number of fused-ring (bicyclic) bond motifs is 3. The van der Waals surface area contributed by atoms with Gasteiger partial charge in [0.05, 0.1) is 20.2 Å². The molecule has 4 aliphatic rings. The van der Waals surface area contributed by atoms with Gasteiger partial charge in [-0.1, -0.05) is 11.3 Å². The van der Waals surface area contributed by atoms with Crippen LogP contribution in [0.2, 0.25) is 0 Å². The number of hydrogen-bond acceptors (Lipinski definition) is 7. The fourth-order valence-electron chi connectivity index (χ4n) is 4.01. The first-order valence-corrected chi connectivity index (χ1v) is 9.10. The summed E-state index contributed by atoms with van der Waals surface area (Å²) in [6.07, 6.45) is 2.61. The molecule has 6 rings (SSSR count). The van der Waals surface area contributed by atoms with Crippen molar-refractivity contribution >= 4 is 40.8 Å². The van der Waals surface area contributed by atoms with Crippen LogP contribution < -0.4 is 10.1 Å². The van der Waals surface area contributed by atoms with Crippen molar-refractivity contribution in [1.29, 1.82) is 0 Å². The summed E-state index contributed by atoms with van der Waals surface area (Å²) in [7, 11) is 1.90. The van der Waals surface area contributed by atoms with E-state index in [0.717, 1.165) is 22.0 Å². The Labute approximate surface area is 151 Å². The average molecular weight is 359 g/mol. The van der Waals surface area contributed by atoms with Gasteiger partial charge in [-0.05, 0) is 18.9 Å². The highest BCUT2D eigenvalue weighted by Crippen LogP contribution is 2.43. The molecule has 132 valence electrons. The number of pyridine rings is 1. The molecule has 1 atom stereocenters. The minimum Gasteiger partial charge on any atom is -0.519 e. The molecule has 0 radical (unpaired) electrons. The predicted molar refractivity (Wildman–Crippen MR) is 101 cm³/mol. The van der Waals surface area contributed by atoms with Crippen molar-refractivity contribution in [3.05, 3.63) is 12.1 Å². The van der Waals surface area contributed by atoms with Crippen LogP contribution in [0.3, 0.4) is 0 Å². The van der Waals surface area contributed by atoms with Crippen LogP contribution in [-0.2, 0) is 4.74 Å². The zero-order valence-corrected chi connectivity index (χ0v) is 14.3. The summed E-state index contributed by atoms with van der Waals surface area (Å²) in [5.41, 5.74) is 0.803. The van der Waals surface area contributed by atoms with Crippen molar-refractivity contribution in [2.75, 3.05) is 38.6 Å². The van der Waals surface area contributed by atoms with E-state index in [2.05, 4.69) is 20.3 Å². The fourth-order valence-corrected chi connectivity index (χ4v) is 4.83. The van der Waals surface area contributed by atoms with Crippen LogP contribution in [-0.4, -0.2) is 67.3 Å². The van der Waals surface area contributed by atoms with Gasteiger partial charge in [0.1, 0.15) is 10.3 Å². The Morgan fingerprint density at radius 3 is 2.96 bits per heavy atom. The van der Waals surface area contributed by atoms with Crippen LogP contribution in [0.1, 0.15) is 12.8 Å². The summed E-state index contributed by atoms with van der Waals surface area (Å²) in [6.45, 7) is 4.72. The van der Waals surface area contributed by atoms with Gasteiger partial charge in [-0.2, -0.15) is 0 Å². The lowest BCUT2D eigenvalue weighted by Gasteiger charge is -2.60. The molecule has 4 aliphatic heterocycles. The van der Waals surface area contributed by atoms with Crippen LogP contribution in [0.15, 0.2) is 17.1 Å². The highest BCUT2D eigenvalue weighted by Gasteiger charge is 2.55. The smallest absolute Gasteiger partial charge is 0.292 e. The van der Waals surface area contributed by atoms with E-state index >= 15 is 0 Å². The lowest BCUT2D eigenvalue weighted by molar-refractivity contribution is -0.845.